The highest BCUT2D eigenvalue weighted by molar-refractivity contribution is 7.92. The van der Waals surface area contributed by atoms with Crippen molar-refractivity contribution in [3.05, 3.63) is 95.0 Å². The molecule has 40 heavy (non-hydrogen) atoms. The second-order valence-corrected chi connectivity index (χ2v) is 11.9. The Kier molecular flexibility index (Phi) is 10.6. The van der Waals surface area contributed by atoms with Crippen LogP contribution in [0, 0.1) is 17.6 Å². The molecule has 3 aromatic rings. The van der Waals surface area contributed by atoms with Crippen LogP contribution >= 0.6 is 11.6 Å². The highest BCUT2D eigenvalue weighted by Gasteiger charge is 2.34. The van der Waals surface area contributed by atoms with Crippen LogP contribution in [0.15, 0.2) is 77.7 Å². The zero-order valence-electron chi connectivity index (χ0n) is 22.5. The van der Waals surface area contributed by atoms with E-state index in [0.717, 1.165) is 16.4 Å². The Hall–Kier alpha value is -3.50. The summed E-state index contributed by atoms with van der Waals surface area (Å²) in [4.78, 5) is 28.3. The Morgan fingerprint density at radius 2 is 1.62 bits per heavy atom. The third-order valence-electron chi connectivity index (χ3n) is 6.14. The van der Waals surface area contributed by atoms with Crippen molar-refractivity contribution in [3.8, 4) is 0 Å². The first-order chi connectivity index (χ1) is 18.9. The van der Waals surface area contributed by atoms with E-state index in [1.165, 1.54) is 59.5 Å². The molecular formula is C29H32ClF2N3O4S. The summed E-state index contributed by atoms with van der Waals surface area (Å²) in [6, 6.07) is 15.4. The van der Waals surface area contributed by atoms with Gasteiger partial charge in [0.25, 0.3) is 10.0 Å². The zero-order chi connectivity index (χ0) is 29.4. The molecule has 0 saturated heterocycles. The van der Waals surface area contributed by atoms with Crippen LogP contribution in [0.25, 0.3) is 0 Å². The van der Waals surface area contributed by atoms with Gasteiger partial charge in [0.15, 0.2) is 0 Å². The lowest BCUT2D eigenvalue weighted by Crippen LogP contribution is -2.52. The molecule has 0 aliphatic carbocycles. The maximum atomic E-state index is 14.0. The van der Waals surface area contributed by atoms with Crippen molar-refractivity contribution in [2.75, 3.05) is 17.4 Å². The van der Waals surface area contributed by atoms with Gasteiger partial charge < -0.3 is 10.2 Å². The minimum Gasteiger partial charge on any atom is -0.354 e. The van der Waals surface area contributed by atoms with E-state index in [2.05, 4.69) is 5.32 Å². The third-order valence-corrected chi connectivity index (χ3v) is 8.22. The van der Waals surface area contributed by atoms with Crippen molar-refractivity contribution >= 4 is 39.1 Å². The number of amides is 2. The minimum absolute atomic E-state index is 0.0253. The number of carbonyl (C=O) groups excluding carboxylic acids is 2. The number of rotatable bonds is 12. The molecule has 0 heterocycles. The summed E-state index contributed by atoms with van der Waals surface area (Å²) in [7, 11) is -4.31. The number of nitrogens with one attached hydrogen (secondary N) is 1. The van der Waals surface area contributed by atoms with Crippen molar-refractivity contribution in [3.63, 3.8) is 0 Å². The van der Waals surface area contributed by atoms with Crippen molar-refractivity contribution in [2.45, 2.75) is 44.7 Å². The van der Waals surface area contributed by atoms with Gasteiger partial charge in [-0.3, -0.25) is 13.9 Å². The molecule has 1 unspecified atom stereocenters. The lowest BCUT2D eigenvalue weighted by molar-refractivity contribution is -0.140. The van der Waals surface area contributed by atoms with Crippen LogP contribution in [-0.2, 0) is 26.2 Å². The van der Waals surface area contributed by atoms with Crippen LogP contribution in [0.5, 0.6) is 0 Å². The lowest BCUT2D eigenvalue weighted by Gasteiger charge is -2.33. The molecule has 0 aliphatic rings. The number of benzene rings is 3. The molecule has 0 aliphatic heterocycles. The van der Waals surface area contributed by atoms with Gasteiger partial charge in [-0.15, -0.1) is 0 Å². The predicted octanol–water partition coefficient (Wildman–Crippen LogP) is 5.39. The van der Waals surface area contributed by atoms with E-state index < -0.39 is 46.1 Å². The van der Waals surface area contributed by atoms with E-state index in [-0.39, 0.29) is 34.5 Å². The maximum absolute atomic E-state index is 14.0. The quantitative estimate of drug-likeness (QED) is 0.306. The number of halogens is 3. The van der Waals surface area contributed by atoms with Crippen molar-refractivity contribution in [2.24, 2.45) is 5.92 Å². The predicted molar refractivity (Wildman–Crippen MR) is 151 cm³/mol. The average Bonchev–Trinajstić information content (AvgIpc) is 2.93. The van der Waals surface area contributed by atoms with Crippen molar-refractivity contribution < 1.29 is 26.8 Å². The van der Waals surface area contributed by atoms with Gasteiger partial charge in [-0.25, -0.2) is 17.2 Å². The molecule has 0 radical (unpaired) electrons. The molecule has 11 heteroatoms. The van der Waals surface area contributed by atoms with Gasteiger partial charge in [0, 0.05) is 13.1 Å². The fraction of sp³-hybridized carbons (Fsp3) is 0.310. The summed E-state index contributed by atoms with van der Waals surface area (Å²) in [6.07, 6.45) is 0.241. The maximum Gasteiger partial charge on any atom is 0.264 e. The largest absolute Gasteiger partial charge is 0.354 e. The Morgan fingerprint density at radius 1 is 0.975 bits per heavy atom. The van der Waals surface area contributed by atoms with Crippen molar-refractivity contribution in [1.29, 1.82) is 0 Å². The first-order valence-corrected chi connectivity index (χ1v) is 14.6. The molecule has 0 bridgehead atoms. The second kappa shape index (κ2) is 13.7. The van der Waals surface area contributed by atoms with E-state index in [1.807, 2.05) is 13.8 Å². The van der Waals surface area contributed by atoms with Gasteiger partial charge in [0.1, 0.15) is 24.2 Å². The molecule has 7 nitrogen and oxygen atoms in total. The fourth-order valence-corrected chi connectivity index (χ4v) is 5.62. The van der Waals surface area contributed by atoms with Crippen LogP contribution in [0.3, 0.4) is 0 Å². The number of hydrogen-bond donors (Lipinski definition) is 1. The molecule has 3 aromatic carbocycles. The van der Waals surface area contributed by atoms with E-state index in [1.54, 1.807) is 13.0 Å². The van der Waals surface area contributed by atoms with Crippen LogP contribution in [-0.4, -0.2) is 44.3 Å². The SMILES string of the molecule is CCC(C(=O)NCC(C)C)N(Cc1ccc(F)cc1)C(=O)CN(c1ccc(F)c(Cl)c1)S(=O)(=O)c1ccccc1. The third kappa shape index (κ3) is 7.79. The molecule has 214 valence electrons. The fourth-order valence-electron chi connectivity index (χ4n) is 4.02. The van der Waals surface area contributed by atoms with Crippen molar-refractivity contribution in [1.82, 2.24) is 10.2 Å². The van der Waals surface area contributed by atoms with E-state index >= 15 is 0 Å². The zero-order valence-corrected chi connectivity index (χ0v) is 24.1. The summed E-state index contributed by atoms with van der Waals surface area (Å²) in [5.41, 5.74) is 0.523. The Labute approximate surface area is 238 Å². The molecule has 1 N–H and O–H groups in total. The van der Waals surface area contributed by atoms with E-state index in [9.17, 15) is 26.8 Å². The lowest BCUT2D eigenvalue weighted by atomic mass is 10.1. The molecular weight excluding hydrogens is 560 g/mol. The summed E-state index contributed by atoms with van der Waals surface area (Å²) in [5.74, 6) is -2.13. The number of carbonyl (C=O) groups is 2. The van der Waals surface area contributed by atoms with E-state index in [4.69, 9.17) is 11.6 Å². The van der Waals surface area contributed by atoms with Gasteiger partial charge in [-0.05, 0) is 60.4 Å². The minimum atomic E-state index is -4.31. The van der Waals surface area contributed by atoms with Gasteiger partial charge in [0.05, 0.1) is 15.6 Å². The van der Waals surface area contributed by atoms with Gasteiger partial charge in [0.2, 0.25) is 11.8 Å². The molecule has 3 rings (SSSR count). The number of hydrogen-bond acceptors (Lipinski definition) is 4. The molecule has 2 amide bonds. The highest BCUT2D eigenvalue weighted by atomic mass is 35.5. The van der Waals surface area contributed by atoms with Crippen LogP contribution in [0.2, 0.25) is 5.02 Å². The average molecular weight is 592 g/mol. The Balaban J connectivity index is 2.05. The molecule has 1 atom stereocenters. The normalized spacial score (nSPS) is 12.2. The molecule has 0 saturated carbocycles. The topological polar surface area (TPSA) is 86.8 Å². The number of anilines is 1. The first kappa shape index (κ1) is 31.0. The second-order valence-electron chi connectivity index (χ2n) is 9.63. The molecule has 0 spiro atoms. The summed E-state index contributed by atoms with van der Waals surface area (Å²) >= 11 is 5.97. The monoisotopic (exact) mass is 591 g/mol. The van der Waals surface area contributed by atoms with Gasteiger partial charge in [-0.2, -0.15) is 0 Å². The number of sulfonamides is 1. The van der Waals surface area contributed by atoms with E-state index in [0.29, 0.717) is 12.1 Å². The summed E-state index contributed by atoms with van der Waals surface area (Å²) < 4.78 is 55.8. The summed E-state index contributed by atoms with van der Waals surface area (Å²) in [6.45, 7) is 5.22. The van der Waals surface area contributed by atoms with Crippen LogP contribution in [0.1, 0.15) is 32.8 Å². The highest BCUT2D eigenvalue weighted by Crippen LogP contribution is 2.28. The Bertz CT molecular complexity index is 1420. The standard InChI is InChI=1S/C29H32ClF2N3O4S/c1-4-27(29(37)33-17-20(2)3)34(18-21-10-12-22(31)13-11-21)28(36)19-35(23-14-15-26(32)25(30)16-23)40(38,39)24-8-6-5-7-9-24/h5-16,20,27H,4,17-19H2,1-3H3,(H,33,37). The first-order valence-electron chi connectivity index (χ1n) is 12.8. The van der Waals surface area contributed by atoms with Crippen LogP contribution < -0.4 is 9.62 Å². The smallest absolute Gasteiger partial charge is 0.264 e. The number of nitrogens with zero attached hydrogens (tertiary/aromatic N) is 2. The molecule has 0 fully saturated rings. The molecule has 0 aromatic heterocycles. The van der Waals surface area contributed by atoms with Gasteiger partial charge >= 0.3 is 0 Å². The Morgan fingerprint density at radius 3 is 2.20 bits per heavy atom. The summed E-state index contributed by atoms with van der Waals surface area (Å²) in [5, 5.41) is 2.52. The van der Waals surface area contributed by atoms with Crippen LogP contribution in [0.4, 0.5) is 14.5 Å². The van der Waals surface area contributed by atoms with Gasteiger partial charge in [-0.1, -0.05) is 62.7 Å².